The number of rotatable bonds is 14. The number of nitrogens with one attached hydrogen (secondary N) is 1. The average Bonchev–Trinajstić information content (AvgIpc) is 3.43. The fourth-order valence-electron chi connectivity index (χ4n) is 4.48. The molecule has 3 rings (SSSR count). The molecule has 0 spiro atoms. The minimum Gasteiger partial charge on any atom is -0.481 e. The fourth-order valence-corrected chi connectivity index (χ4v) is 4.48. The summed E-state index contributed by atoms with van der Waals surface area (Å²) in [6.07, 6.45) is -0.903. The maximum absolute atomic E-state index is 13.4. The van der Waals surface area contributed by atoms with Crippen molar-refractivity contribution >= 4 is 29.8 Å². The van der Waals surface area contributed by atoms with Crippen molar-refractivity contribution < 1.29 is 43.3 Å². The summed E-state index contributed by atoms with van der Waals surface area (Å²) in [5.74, 6) is -2.74. The number of piperazine rings is 1. The normalized spacial score (nSPS) is 14.4. The molecule has 0 aliphatic carbocycles. The van der Waals surface area contributed by atoms with E-state index < -0.39 is 42.0 Å². The van der Waals surface area contributed by atoms with Gasteiger partial charge in [0.2, 0.25) is 11.8 Å². The van der Waals surface area contributed by atoms with E-state index in [1.54, 1.807) is 38.1 Å². The number of hydrogen-bond donors (Lipinski definition) is 2. The molecule has 1 unspecified atom stereocenters. The van der Waals surface area contributed by atoms with Crippen molar-refractivity contribution in [2.45, 2.75) is 58.6 Å². The SMILES string of the molecule is CCCC(Oc1cc(C(=O)N[C@@H](CCC(=O)O)C(=O)N2CCN(C(=O)OCC)CC2)nn1-c1ccccc1)C(=O)OCC. The highest BCUT2D eigenvalue weighted by atomic mass is 16.6. The van der Waals surface area contributed by atoms with Gasteiger partial charge in [0.05, 0.1) is 18.9 Å². The van der Waals surface area contributed by atoms with Crippen LogP contribution in [0.4, 0.5) is 4.79 Å². The predicted octanol–water partition coefficient (Wildman–Crippen LogP) is 2.25. The first-order valence-electron chi connectivity index (χ1n) is 14.4. The van der Waals surface area contributed by atoms with Gasteiger partial charge < -0.3 is 34.4 Å². The minimum atomic E-state index is -1.16. The van der Waals surface area contributed by atoms with Crippen molar-refractivity contribution in [3.8, 4) is 11.6 Å². The number of carbonyl (C=O) groups is 5. The van der Waals surface area contributed by atoms with Crippen LogP contribution < -0.4 is 10.1 Å². The molecule has 0 radical (unpaired) electrons. The summed E-state index contributed by atoms with van der Waals surface area (Å²) in [7, 11) is 0. The molecule has 3 amide bonds. The Labute approximate surface area is 249 Å². The number of ether oxygens (including phenoxy) is 3. The highest BCUT2D eigenvalue weighted by Gasteiger charge is 2.32. The number of benzene rings is 1. The number of carbonyl (C=O) groups excluding carboxylic acids is 4. The molecule has 1 aromatic carbocycles. The second-order valence-corrected chi connectivity index (χ2v) is 9.73. The lowest BCUT2D eigenvalue weighted by atomic mass is 10.1. The second kappa shape index (κ2) is 16.1. The van der Waals surface area contributed by atoms with Crippen molar-refractivity contribution in [3.05, 3.63) is 42.1 Å². The van der Waals surface area contributed by atoms with E-state index in [1.165, 1.54) is 20.5 Å². The number of esters is 1. The number of aromatic nitrogens is 2. The highest BCUT2D eigenvalue weighted by Crippen LogP contribution is 2.23. The second-order valence-electron chi connectivity index (χ2n) is 9.73. The van der Waals surface area contributed by atoms with Gasteiger partial charge in [0.1, 0.15) is 6.04 Å². The highest BCUT2D eigenvalue weighted by molar-refractivity contribution is 5.96. The van der Waals surface area contributed by atoms with Crippen LogP contribution in [0.25, 0.3) is 5.69 Å². The van der Waals surface area contributed by atoms with Crippen LogP contribution in [-0.2, 0) is 23.9 Å². The number of hydrogen-bond acceptors (Lipinski definition) is 9. The Kier molecular flexibility index (Phi) is 12.3. The Morgan fingerprint density at radius 3 is 2.19 bits per heavy atom. The van der Waals surface area contributed by atoms with E-state index in [4.69, 9.17) is 14.2 Å². The lowest BCUT2D eigenvalue weighted by Gasteiger charge is -2.35. The third kappa shape index (κ3) is 9.18. The Morgan fingerprint density at radius 2 is 1.58 bits per heavy atom. The first kappa shape index (κ1) is 32.9. The summed E-state index contributed by atoms with van der Waals surface area (Å²) in [6, 6.07) is 9.06. The molecule has 43 heavy (non-hydrogen) atoms. The van der Waals surface area contributed by atoms with E-state index in [2.05, 4.69) is 10.4 Å². The van der Waals surface area contributed by atoms with E-state index in [0.29, 0.717) is 18.5 Å². The number of carboxylic acids is 1. The van der Waals surface area contributed by atoms with Crippen molar-refractivity contribution in [2.75, 3.05) is 39.4 Å². The standard InChI is InChI=1S/C29H39N5O9/c1-4-10-23(28(39)41-5-2)43-24-19-22(31-34(24)20-11-8-7-9-12-20)26(37)30-21(13-14-25(35)36)27(38)32-15-17-33(18-16-32)29(40)42-6-3/h7-9,11-12,19,21,23H,4-6,10,13-18H2,1-3H3,(H,30,37)(H,35,36)/t21-,23?/m0/s1. The Hall–Kier alpha value is -4.62. The van der Waals surface area contributed by atoms with Gasteiger partial charge in [0.15, 0.2) is 11.8 Å². The quantitative estimate of drug-likeness (QED) is 0.306. The molecule has 234 valence electrons. The van der Waals surface area contributed by atoms with Gasteiger partial charge in [-0.15, -0.1) is 0 Å². The topological polar surface area (TPSA) is 170 Å². The average molecular weight is 602 g/mol. The number of amides is 3. The molecule has 2 heterocycles. The zero-order valence-electron chi connectivity index (χ0n) is 24.7. The smallest absolute Gasteiger partial charge is 0.409 e. The van der Waals surface area contributed by atoms with Crippen LogP contribution >= 0.6 is 0 Å². The molecule has 2 atom stereocenters. The lowest BCUT2D eigenvalue weighted by Crippen LogP contribution is -2.56. The van der Waals surface area contributed by atoms with Gasteiger partial charge in [-0.1, -0.05) is 31.5 Å². The van der Waals surface area contributed by atoms with E-state index in [0.717, 1.165) is 0 Å². The van der Waals surface area contributed by atoms with E-state index >= 15 is 0 Å². The maximum Gasteiger partial charge on any atom is 0.409 e. The molecule has 1 saturated heterocycles. The zero-order valence-corrected chi connectivity index (χ0v) is 24.7. The number of nitrogens with zero attached hydrogens (tertiary/aromatic N) is 4. The molecular weight excluding hydrogens is 562 g/mol. The Morgan fingerprint density at radius 1 is 0.930 bits per heavy atom. The van der Waals surface area contributed by atoms with Gasteiger partial charge >= 0.3 is 18.0 Å². The van der Waals surface area contributed by atoms with E-state index in [9.17, 15) is 29.1 Å². The van der Waals surface area contributed by atoms with Gasteiger partial charge in [-0.05, 0) is 38.8 Å². The van der Waals surface area contributed by atoms with E-state index in [1.807, 2.05) is 13.0 Å². The molecular formula is C29H39N5O9. The predicted molar refractivity (Wildman–Crippen MR) is 153 cm³/mol. The van der Waals surface area contributed by atoms with Crippen LogP contribution in [0.1, 0.15) is 56.9 Å². The third-order valence-corrected chi connectivity index (χ3v) is 6.64. The van der Waals surface area contributed by atoms with Crippen LogP contribution in [0.15, 0.2) is 36.4 Å². The van der Waals surface area contributed by atoms with Crippen molar-refractivity contribution in [1.82, 2.24) is 24.9 Å². The molecule has 1 aliphatic rings. The molecule has 2 N–H and O–H groups in total. The van der Waals surface area contributed by atoms with Gasteiger partial charge in [0, 0.05) is 38.7 Å². The monoisotopic (exact) mass is 601 g/mol. The lowest BCUT2D eigenvalue weighted by molar-refractivity contribution is -0.152. The summed E-state index contributed by atoms with van der Waals surface area (Å²) in [4.78, 5) is 65.7. The van der Waals surface area contributed by atoms with Gasteiger partial charge in [0.25, 0.3) is 5.91 Å². The molecule has 0 saturated carbocycles. The van der Waals surface area contributed by atoms with E-state index in [-0.39, 0.29) is 63.8 Å². The molecule has 14 nitrogen and oxygen atoms in total. The number of carboxylic acid groups (broad SMARTS) is 1. The van der Waals surface area contributed by atoms with Crippen LogP contribution in [0.5, 0.6) is 5.88 Å². The van der Waals surface area contributed by atoms with Gasteiger partial charge in [-0.2, -0.15) is 5.10 Å². The van der Waals surface area contributed by atoms with Gasteiger partial charge in [-0.25, -0.2) is 14.3 Å². The van der Waals surface area contributed by atoms with Crippen LogP contribution in [0, 0.1) is 0 Å². The molecule has 1 aliphatic heterocycles. The summed E-state index contributed by atoms with van der Waals surface area (Å²) in [5, 5.41) is 16.3. The summed E-state index contributed by atoms with van der Waals surface area (Å²) >= 11 is 0. The van der Waals surface area contributed by atoms with Gasteiger partial charge in [-0.3, -0.25) is 14.4 Å². The largest absolute Gasteiger partial charge is 0.481 e. The fraction of sp³-hybridized carbons (Fsp3) is 0.517. The first-order chi connectivity index (χ1) is 20.7. The van der Waals surface area contributed by atoms with Crippen LogP contribution in [-0.4, -0.2) is 106 Å². The minimum absolute atomic E-state index is 0.0989. The molecule has 14 heteroatoms. The Bertz CT molecular complexity index is 1260. The number of para-hydroxylation sites is 1. The first-order valence-corrected chi connectivity index (χ1v) is 14.4. The maximum atomic E-state index is 13.4. The zero-order chi connectivity index (χ0) is 31.4. The third-order valence-electron chi connectivity index (χ3n) is 6.64. The molecule has 0 bridgehead atoms. The summed E-state index contributed by atoms with van der Waals surface area (Å²) < 4.78 is 17.5. The molecule has 1 fully saturated rings. The van der Waals surface area contributed by atoms with Crippen LogP contribution in [0.2, 0.25) is 0 Å². The summed E-state index contributed by atoms with van der Waals surface area (Å²) in [5.41, 5.74) is 0.465. The Balaban J connectivity index is 1.83. The molecule has 2 aromatic rings. The summed E-state index contributed by atoms with van der Waals surface area (Å²) in [6.45, 7) is 6.59. The number of aliphatic carboxylic acids is 1. The van der Waals surface area contributed by atoms with Crippen LogP contribution in [0.3, 0.4) is 0 Å². The van der Waals surface area contributed by atoms with Crippen molar-refractivity contribution in [3.63, 3.8) is 0 Å². The van der Waals surface area contributed by atoms with Crippen molar-refractivity contribution in [2.24, 2.45) is 0 Å². The molecule has 1 aromatic heterocycles. The van der Waals surface area contributed by atoms with Crippen molar-refractivity contribution in [1.29, 1.82) is 0 Å².